The summed E-state index contributed by atoms with van der Waals surface area (Å²) in [5, 5.41) is 6.20. The number of amides is 4. The van der Waals surface area contributed by atoms with E-state index in [9.17, 15) is 14.4 Å². The van der Waals surface area contributed by atoms with Crippen molar-refractivity contribution in [1.29, 1.82) is 0 Å². The van der Waals surface area contributed by atoms with Crippen LogP contribution in [0.1, 0.15) is 31.0 Å². The van der Waals surface area contributed by atoms with Gasteiger partial charge in [-0.05, 0) is 17.0 Å². The second-order valence-corrected chi connectivity index (χ2v) is 9.04. The lowest BCUT2D eigenvalue weighted by molar-refractivity contribution is -0.188. The zero-order valence-electron chi connectivity index (χ0n) is 19.3. The van der Waals surface area contributed by atoms with Crippen molar-refractivity contribution in [2.24, 2.45) is 5.92 Å². The monoisotopic (exact) mass is 449 g/mol. The molecule has 4 rings (SSSR count). The van der Waals surface area contributed by atoms with E-state index >= 15 is 0 Å². The predicted octanol–water partition coefficient (Wildman–Crippen LogP) is 2.45. The second kappa shape index (κ2) is 9.62. The van der Waals surface area contributed by atoms with Crippen molar-refractivity contribution in [3.05, 3.63) is 71.8 Å². The number of piperazine rings is 1. The van der Waals surface area contributed by atoms with Crippen LogP contribution in [0.2, 0.25) is 0 Å². The lowest BCUT2D eigenvalue weighted by atomic mass is 9.98. The number of urea groups is 1. The average Bonchev–Trinajstić information content (AvgIpc) is 2.79. The van der Waals surface area contributed by atoms with Crippen molar-refractivity contribution < 1.29 is 14.4 Å². The number of fused-ring (bicyclic) bond motifs is 1. The number of hydrogen-bond donors (Lipinski definition) is 1. The van der Waals surface area contributed by atoms with Crippen LogP contribution in [0.15, 0.2) is 60.7 Å². The standard InChI is InChI=1S/C25H31N5O3/c1-18(2)15-28-16-21-29(23(24(28)32)20-12-8-5-9-13-20)22(31)17-27(3)30(21)25(33)26-14-19-10-6-4-7-11-19/h4-13,18,21,23H,14-17H2,1-3H3,(H,26,33). The van der Waals surface area contributed by atoms with E-state index in [1.807, 2.05) is 60.7 Å². The molecule has 8 heteroatoms. The number of nitrogens with one attached hydrogen (secondary N) is 1. The topological polar surface area (TPSA) is 76.2 Å². The van der Waals surface area contributed by atoms with Crippen molar-refractivity contribution in [3.63, 3.8) is 0 Å². The van der Waals surface area contributed by atoms with Crippen LogP contribution >= 0.6 is 0 Å². The Kier molecular flexibility index (Phi) is 6.65. The summed E-state index contributed by atoms with van der Waals surface area (Å²) in [5.41, 5.74) is 1.74. The van der Waals surface area contributed by atoms with Gasteiger partial charge in [-0.1, -0.05) is 74.5 Å². The number of hydrogen-bond acceptors (Lipinski definition) is 4. The average molecular weight is 450 g/mol. The van der Waals surface area contributed by atoms with Crippen LogP contribution in [-0.4, -0.2) is 70.5 Å². The van der Waals surface area contributed by atoms with E-state index in [-0.39, 0.29) is 36.9 Å². The van der Waals surface area contributed by atoms with Gasteiger partial charge in [0.25, 0.3) is 0 Å². The minimum Gasteiger partial charge on any atom is -0.336 e. The Balaban J connectivity index is 1.66. The third-order valence-corrected chi connectivity index (χ3v) is 6.03. The van der Waals surface area contributed by atoms with Gasteiger partial charge in [0.05, 0.1) is 13.1 Å². The molecule has 8 nitrogen and oxygen atoms in total. The number of nitrogens with zero attached hydrogens (tertiary/aromatic N) is 4. The number of hydrazine groups is 1. The third kappa shape index (κ3) is 4.71. The van der Waals surface area contributed by atoms with E-state index < -0.39 is 12.2 Å². The first-order valence-electron chi connectivity index (χ1n) is 11.3. The molecule has 0 aliphatic carbocycles. The van der Waals surface area contributed by atoms with E-state index in [1.54, 1.807) is 26.9 Å². The molecule has 2 atom stereocenters. The Morgan fingerprint density at radius 3 is 2.30 bits per heavy atom. The highest BCUT2D eigenvalue weighted by Crippen LogP contribution is 2.34. The van der Waals surface area contributed by atoms with Crippen LogP contribution in [0, 0.1) is 5.92 Å². The van der Waals surface area contributed by atoms with Gasteiger partial charge in [0.15, 0.2) is 0 Å². The molecule has 0 saturated carbocycles. The zero-order valence-corrected chi connectivity index (χ0v) is 19.3. The van der Waals surface area contributed by atoms with Crippen molar-refractivity contribution >= 4 is 17.8 Å². The van der Waals surface area contributed by atoms with Crippen LogP contribution in [0.4, 0.5) is 4.79 Å². The fourth-order valence-electron chi connectivity index (χ4n) is 4.61. The Labute approximate surface area is 194 Å². The molecule has 2 aliphatic heterocycles. The second-order valence-electron chi connectivity index (χ2n) is 9.04. The van der Waals surface area contributed by atoms with E-state index in [0.29, 0.717) is 13.1 Å². The van der Waals surface area contributed by atoms with Crippen LogP contribution < -0.4 is 5.32 Å². The van der Waals surface area contributed by atoms with Gasteiger partial charge in [-0.25, -0.2) is 14.8 Å². The molecule has 0 spiro atoms. The number of benzene rings is 2. The highest BCUT2D eigenvalue weighted by molar-refractivity contribution is 5.92. The summed E-state index contributed by atoms with van der Waals surface area (Å²) in [7, 11) is 1.73. The van der Waals surface area contributed by atoms with E-state index in [0.717, 1.165) is 11.1 Å². The number of carbonyl (C=O) groups is 3. The number of rotatable bonds is 5. The van der Waals surface area contributed by atoms with Gasteiger partial charge in [0.1, 0.15) is 12.2 Å². The molecule has 2 aromatic carbocycles. The molecule has 174 valence electrons. The zero-order chi connectivity index (χ0) is 23.5. The molecule has 4 amide bonds. The third-order valence-electron chi connectivity index (χ3n) is 6.03. The Hall–Kier alpha value is -3.39. The van der Waals surface area contributed by atoms with Gasteiger partial charge in [-0.3, -0.25) is 9.59 Å². The molecule has 1 N–H and O–H groups in total. The fraction of sp³-hybridized carbons (Fsp3) is 0.400. The molecule has 0 bridgehead atoms. The smallest absolute Gasteiger partial charge is 0.334 e. The van der Waals surface area contributed by atoms with Crippen LogP contribution in [0.25, 0.3) is 0 Å². The minimum absolute atomic E-state index is 0.0239. The minimum atomic E-state index is -0.755. The molecule has 2 fully saturated rings. The molecule has 2 aliphatic rings. The first-order valence-corrected chi connectivity index (χ1v) is 11.3. The molecule has 2 aromatic rings. The highest BCUT2D eigenvalue weighted by Gasteiger charge is 2.51. The van der Waals surface area contributed by atoms with Gasteiger partial charge >= 0.3 is 6.03 Å². The molecule has 0 aromatic heterocycles. The predicted molar refractivity (Wildman–Crippen MR) is 124 cm³/mol. The Morgan fingerprint density at radius 2 is 1.67 bits per heavy atom. The Bertz CT molecular complexity index is 998. The van der Waals surface area contributed by atoms with Crippen molar-refractivity contribution in [3.8, 4) is 0 Å². The normalized spacial score (nSPS) is 21.4. The summed E-state index contributed by atoms with van der Waals surface area (Å²) in [6.07, 6.45) is -0.589. The van der Waals surface area contributed by atoms with Crippen LogP contribution in [0.5, 0.6) is 0 Å². The quantitative estimate of drug-likeness (QED) is 0.761. The van der Waals surface area contributed by atoms with Gasteiger partial charge < -0.3 is 15.1 Å². The number of likely N-dealkylation sites (N-methyl/N-ethyl adjacent to an activating group) is 1. The van der Waals surface area contributed by atoms with Crippen molar-refractivity contribution in [1.82, 2.24) is 25.1 Å². The van der Waals surface area contributed by atoms with Gasteiger partial charge in [-0.15, -0.1) is 0 Å². The van der Waals surface area contributed by atoms with Gasteiger partial charge in [0.2, 0.25) is 11.8 Å². The van der Waals surface area contributed by atoms with E-state index in [4.69, 9.17) is 0 Å². The molecular weight excluding hydrogens is 418 g/mol. The summed E-state index contributed by atoms with van der Waals surface area (Å²) in [6, 6.07) is 18.0. The summed E-state index contributed by atoms with van der Waals surface area (Å²) >= 11 is 0. The van der Waals surface area contributed by atoms with E-state index in [2.05, 4.69) is 19.2 Å². The van der Waals surface area contributed by atoms with Crippen LogP contribution in [-0.2, 0) is 16.1 Å². The number of carbonyl (C=O) groups excluding carboxylic acids is 3. The summed E-state index contributed by atoms with van der Waals surface area (Å²) in [5.74, 6) is -0.0102. The van der Waals surface area contributed by atoms with Gasteiger partial charge in [-0.2, -0.15) is 0 Å². The first kappa shape index (κ1) is 22.8. The molecule has 2 saturated heterocycles. The largest absolute Gasteiger partial charge is 0.336 e. The highest BCUT2D eigenvalue weighted by atomic mass is 16.2. The van der Waals surface area contributed by atoms with Crippen LogP contribution in [0.3, 0.4) is 0 Å². The summed E-state index contributed by atoms with van der Waals surface area (Å²) in [4.78, 5) is 43.4. The molecular formula is C25H31N5O3. The molecule has 2 heterocycles. The molecule has 33 heavy (non-hydrogen) atoms. The van der Waals surface area contributed by atoms with Crippen molar-refractivity contribution in [2.75, 3.05) is 26.7 Å². The summed E-state index contributed by atoms with van der Waals surface area (Å²) in [6.45, 7) is 5.34. The maximum Gasteiger partial charge on any atom is 0.334 e. The fourth-order valence-corrected chi connectivity index (χ4v) is 4.61. The lowest BCUT2D eigenvalue weighted by Gasteiger charge is -2.54. The summed E-state index contributed by atoms with van der Waals surface area (Å²) < 4.78 is 0. The SMILES string of the molecule is CC(C)CN1CC2N(C(=O)CN(C)N2C(=O)NCc2ccccc2)C(c2ccccc2)C1=O. The maximum absolute atomic E-state index is 13.5. The van der Waals surface area contributed by atoms with E-state index in [1.165, 1.54) is 0 Å². The first-order chi connectivity index (χ1) is 15.9. The molecule has 2 unspecified atom stereocenters. The maximum atomic E-state index is 13.5. The van der Waals surface area contributed by atoms with Crippen molar-refractivity contribution in [2.45, 2.75) is 32.6 Å². The molecule has 0 radical (unpaired) electrons. The van der Waals surface area contributed by atoms with Gasteiger partial charge in [0, 0.05) is 20.1 Å². The lowest BCUT2D eigenvalue weighted by Crippen LogP contribution is -2.74. The Morgan fingerprint density at radius 1 is 1.03 bits per heavy atom.